The summed E-state index contributed by atoms with van der Waals surface area (Å²) in [5.74, 6) is 0. The lowest BCUT2D eigenvalue weighted by Crippen LogP contribution is -2.08. The average Bonchev–Trinajstić information content (AvgIpc) is 2.26. The molecule has 16 heavy (non-hydrogen) atoms. The molecule has 0 radical (unpaired) electrons. The van der Waals surface area contributed by atoms with Crippen LogP contribution >= 0.6 is 0 Å². The zero-order chi connectivity index (χ0) is 12.3. The summed E-state index contributed by atoms with van der Waals surface area (Å²) in [6.07, 6.45) is 0. The molecule has 4 nitrogen and oxygen atoms in total. The normalized spacial score (nSPS) is 18.8. The van der Waals surface area contributed by atoms with Gasteiger partial charge in [0, 0.05) is 11.1 Å². The number of halogens is 2. The molecule has 0 aromatic heterocycles. The molecule has 1 aromatic carbocycles. The van der Waals surface area contributed by atoms with E-state index in [-0.39, 0.29) is 0 Å². The van der Waals surface area contributed by atoms with E-state index >= 15 is 0 Å². The predicted octanol–water partition coefficient (Wildman–Crippen LogP) is 1.38. The molecular weight excluding hydrogens is 262 g/mol. The molecule has 90 valence electrons. The minimum absolute atomic E-state index is 0.507. The summed E-state index contributed by atoms with van der Waals surface area (Å²) in [7, 11) is 0. The fourth-order valence-corrected chi connectivity index (χ4v) is 1.98. The molecule has 0 heterocycles. The van der Waals surface area contributed by atoms with E-state index in [1.165, 1.54) is 12.1 Å². The third-order valence-corrected chi connectivity index (χ3v) is 3.01. The lowest BCUT2D eigenvalue weighted by Gasteiger charge is -2.19. The van der Waals surface area contributed by atoms with Crippen LogP contribution in [0.15, 0.2) is 24.3 Å². The highest BCUT2D eigenvalue weighted by atomic mass is 32.2. The van der Waals surface area contributed by atoms with Crippen LogP contribution in [0.5, 0.6) is 0 Å². The lowest BCUT2D eigenvalue weighted by atomic mass is 10.1. The second-order valence-electron chi connectivity index (χ2n) is 2.78. The van der Waals surface area contributed by atoms with Crippen LogP contribution in [-0.2, 0) is 22.2 Å². The Morgan fingerprint density at radius 2 is 1.25 bits per heavy atom. The van der Waals surface area contributed by atoms with Crippen LogP contribution in [0.25, 0.3) is 0 Å². The minimum atomic E-state index is -3.09. The van der Waals surface area contributed by atoms with Crippen LogP contribution < -0.4 is 0 Å². The molecule has 0 bridgehead atoms. The van der Waals surface area contributed by atoms with E-state index in [2.05, 4.69) is 0 Å². The molecule has 1 rings (SSSR count). The second kappa shape index (κ2) is 5.58. The van der Waals surface area contributed by atoms with E-state index in [9.17, 15) is 26.3 Å². The van der Waals surface area contributed by atoms with Crippen LogP contribution in [0.3, 0.4) is 0 Å². The number of hydrogen-bond acceptors (Lipinski definition) is 4. The second-order valence-corrected chi connectivity index (χ2v) is 4.65. The summed E-state index contributed by atoms with van der Waals surface area (Å²) in [5, 5.41) is 0. The third kappa shape index (κ3) is 2.91. The molecule has 0 N–H and O–H groups in total. The van der Waals surface area contributed by atoms with Gasteiger partial charge in [-0.3, -0.25) is 8.42 Å². The van der Waals surface area contributed by atoms with Gasteiger partial charge in [0.2, 0.25) is 0 Å². The molecule has 0 saturated carbocycles. The van der Waals surface area contributed by atoms with Crippen molar-refractivity contribution in [3.05, 3.63) is 35.4 Å². The van der Waals surface area contributed by atoms with Crippen molar-refractivity contribution >= 4 is 22.2 Å². The lowest BCUT2D eigenvalue weighted by molar-refractivity contribution is 0.388. The summed E-state index contributed by atoms with van der Waals surface area (Å²) in [5.41, 5.74) is -5.91. The van der Waals surface area contributed by atoms with Crippen molar-refractivity contribution in [3.8, 4) is 0 Å². The van der Waals surface area contributed by atoms with Crippen molar-refractivity contribution in [2.24, 2.45) is 0 Å². The van der Waals surface area contributed by atoms with E-state index in [1.807, 2.05) is 0 Å². The van der Waals surface area contributed by atoms with E-state index in [1.54, 1.807) is 0 Å². The van der Waals surface area contributed by atoms with Gasteiger partial charge < -0.3 is 9.11 Å². The van der Waals surface area contributed by atoms with Gasteiger partial charge in [-0.15, -0.1) is 0 Å². The SMILES string of the molecule is O=S([O-])C(F)c1ccccc1C(F)S(=O)[O-]. The van der Waals surface area contributed by atoms with Gasteiger partial charge >= 0.3 is 0 Å². The summed E-state index contributed by atoms with van der Waals surface area (Å²) in [4.78, 5) is 0. The fraction of sp³-hybridized carbons (Fsp3) is 0.250. The fourth-order valence-electron chi connectivity index (χ4n) is 1.13. The van der Waals surface area contributed by atoms with Gasteiger partial charge in [0.05, 0.1) is 0 Å². The van der Waals surface area contributed by atoms with Crippen LogP contribution in [0, 0.1) is 0 Å². The summed E-state index contributed by atoms with van der Waals surface area (Å²) < 4.78 is 67.9. The molecule has 0 fully saturated rings. The van der Waals surface area contributed by atoms with E-state index < -0.39 is 44.3 Å². The van der Waals surface area contributed by atoms with Gasteiger partial charge in [-0.1, -0.05) is 24.3 Å². The zero-order valence-corrected chi connectivity index (χ0v) is 9.30. The number of hydrogen-bond donors (Lipinski definition) is 0. The smallest absolute Gasteiger partial charge is 0.187 e. The number of alkyl halides is 2. The summed E-state index contributed by atoms with van der Waals surface area (Å²) in [6, 6.07) is 4.63. The quantitative estimate of drug-likeness (QED) is 0.773. The van der Waals surface area contributed by atoms with Gasteiger partial charge in [-0.05, 0) is 22.2 Å². The molecule has 0 amide bonds. The summed E-state index contributed by atoms with van der Waals surface area (Å²) in [6.45, 7) is 0. The molecule has 4 unspecified atom stereocenters. The topological polar surface area (TPSA) is 80.3 Å². The molecular formula is C8H6F2O4S2-2. The highest BCUT2D eigenvalue weighted by Gasteiger charge is 2.20. The van der Waals surface area contributed by atoms with Gasteiger partial charge in [-0.25, -0.2) is 8.78 Å². The van der Waals surface area contributed by atoms with E-state index in [4.69, 9.17) is 0 Å². The Bertz CT molecular complexity index is 387. The molecule has 0 aliphatic carbocycles. The first kappa shape index (κ1) is 13.4. The molecule has 0 aliphatic rings. The molecule has 4 atom stereocenters. The van der Waals surface area contributed by atoms with Gasteiger partial charge in [0.15, 0.2) is 11.0 Å². The van der Waals surface area contributed by atoms with Crippen molar-refractivity contribution in [3.63, 3.8) is 0 Å². The average molecular weight is 268 g/mol. The van der Waals surface area contributed by atoms with Crippen molar-refractivity contribution in [1.82, 2.24) is 0 Å². The van der Waals surface area contributed by atoms with Gasteiger partial charge in [-0.2, -0.15) is 0 Å². The maximum absolute atomic E-state index is 13.2. The Morgan fingerprint density at radius 3 is 1.50 bits per heavy atom. The first-order chi connectivity index (χ1) is 7.45. The molecule has 8 heteroatoms. The van der Waals surface area contributed by atoms with Crippen LogP contribution in [0.1, 0.15) is 22.1 Å². The highest BCUT2D eigenvalue weighted by molar-refractivity contribution is 7.79. The Hall–Kier alpha value is -0.700. The van der Waals surface area contributed by atoms with Crippen molar-refractivity contribution in [1.29, 1.82) is 0 Å². The monoisotopic (exact) mass is 268 g/mol. The number of rotatable bonds is 4. The van der Waals surface area contributed by atoms with Crippen molar-refractivity contribution in [2.45, 2.75) is 11.0 Å². The Balaban J connectivity index is 3.19. The van der Waals surface area contributed by atoms with Crippen LogP contribution in [0.2, 0.25) is 0 Å². The Labute approximate surface area is 95.2 Å². The van der Waals surface area contributed by atoms with Gasteiger partial charge in [0.1, 0.15) is 0 Å². The molecule has 1 aromatic rings. The molecule has 0 aliphatic heterocycles. The summed E-state index contributed by atoms with van der Waals surface area (Å²) >= 11 is -6.17. The van der Waals surface area contributed by atoms with Crippen LogP contribution in [-0.4, -0.2) is 17.5 Å². The first-order valence-electron chi connectivity index (χ1n) is 3.98. The zero-order valence-electron chi connectivity index (χ0n) is 7.67. The maximum atomic E-state index is 13.2. The number of benzene rings is 1. The highest BCUT2D eigenvalue weighted by Crippen LogP contribution is 2.31. The predicted molar refractivity (Wildman–Crippen MR) is 52.0 cm³/mol. The first-order valence-corrected chi connectivity index (χ1v) is 6.26. The van der Waals surface area contributed by atoms with Gasteiger partial charge in [0.25, 0.3) is 0 Å². The third-order valence-electron chi connectivity index (χ3n) is 1.82. The molecule has 0 spiro atoms. The largest absolute Gasteiger partial charge is 0.770 e. The van der Waals surface area contributed by atoms with Crippen LogP contribution in [0.4, 0.5) is 8.78 Å². The van der Waals surface area contributed by atoms with E-state index in [0.29, 0.717) is 0 Å². The Morgan fingerprint density at radius 1 is 0.938 bits per heavy atom. The standard InChI is InChI=1S/C8H8F2O4S2/c9-7(15(11)12)5-3-1-2-4-6(5)8(10)16(13)14/h1-4,7-8H,(H,11,12)(H,13,14)/p-2. The maximum Gasteiger partial charge on any atom is 0.187 e. The van der Waals surface area contributed by atoms with Crippen molar-refractivity contribution < 1.29 is 26.3 Å². The van der Waals surface area contributed by atoms with E-state index in [0.717, 1.165) is 12.1 Å². The van der Waals surface area contributed by atoms with Crippen molar-refractivity contribution in [2.75, 3.05) is 0 Å². The molecule has 0 saturated heterocycles. The Kier molecular flexibility index (Phi) is 4.66. The minimum Gasteiger partial charge on any atom is -0.770 e.